The Morgan fingerprint density at radius 2 is 1.89 bits per heavy atom. The molecule has 0 fully saturated rings. The van der Waals surface area contributed by atoms with Gasteiger partial charge >= 0.3 is 5.69 Å². The number of halogens is 2. The zero-order chi connectivity index (χ0) is 12.7. The van der Waals surface area contributed by atoms with Crippen molar-refractivity contribution >= 4 is 22.6 Å². The molecule has 0 saturated carbocycles. The first kappa shape index (κ1) is 11.0. The van der Waals surface area contributed by atoms with Gasteiger partial charge in [0.1, 0.15) is 11.3 Å². The number of imidazole rings is 1. The summed E-state index contributed by atoms with van der Waals surface area (Å²) in [6, 6.07) is 11.5. The Bertz CT molecular complexity index is 791. The standard InChI is InChI=1S/C13H8ClFN2O/c14-8-4-1-2-6-10(8)17-11-7-3-5-9(15)12(11)16-13(17)18/h1-7H,(H,16,18). The van der Waals surface area contributed by atoms with Crippen LogP contribution >= 0.6 is 11.6 Å². The molecule has 0 spiro atoms. The van der Waals surface area contributed by atoms with Crippen LogP contribution in [0.3, 0.4) is 0 Å². The third-order valence-corrected chi connectivity index (χ3v) is 3.08. The molecule has 2 aromatic carbocycles. The monoisotopic (exact) mass is 262 g/mol. The minimum atomic E-state index is -0.463. The van der Waals surface area contributed by atoms with E-state index in [1.165, 1.54) is 10.6 Å². The highest BCUT2D eigenvalue weighted by atomic mass is 35.5. The first-order valence-electron chi connectivity index (χ1n) is 5.32. The van der Waals surface area contributed by atoms with E-state index in [1.807, 2.05) is 0 Å². The van der Waals surface area contributed by atoms with E-state index < -0.39 is 11.5 Å². The molecule has 0 unspecified atom stereocenters. The van der Waals surface area contributed by atoms with Gasteiger partial charge < -0.3 is 4.98 Å². The molecule has 0 aliphatic carbocycles. The summed E-state index contributed by atoms with van der Waals surface area (Å²) in [7, 11) is 0. The molecule has 0 atom stereocenters. The number of aromatic amines is 1. The lowest BCUT2D eigenvalue weighted by Gasteiger charge is -2.05. The van der Waals surface area contributed by atoms with E-state index in [4.69, 9.17) is 11.6 Å². The van der Waals surface area contributed by atoms with Gasteiger partial charge in [-0.15, -0.1) is 0 Å². The molecule has 0 saturated heterocycles. The molecule has 3 nitrogen and oxygen atoms in total. The fraction of sp³-hybridized carbons (Fsp3) is 0. The van der Waals surface area contributed by atoms with Gasteiger partial charge in [-0.05, 0) is 24.3 Å². The minimum absolute atomic E-state index is 0.183. The molecule has 1 N–H and O–H groups in total. The van der Waals surface area contributed by atoms with E-state index in [-0.39, 0.29) is 5.52 Å². The number of nitrogens with one attached hydrogen (secondary N) is 1. The van der Waals surface area contributed by atoms with Gasteiger partial charge in [-0.2, -0.15) is 0 Å². The van der Waals surface area contributed by atoms with E-state index in [1.54, 1.807) is 36.4 Å². The highest BCUT2D eigenvalue weighted by molar-refractivity contribution is 6.32. The normalized spacial score (nSPS) is 11.0. The SMILES string of the molecule is O=c1[nH]c2c(F)cccc2n1-c1ccccc1Cl. The maximum atomic E-state index is 13.6. The lowest BCUT2D eigenvalue weighted by atomic mass is 10.2. The van der Waals surface area contributed by atoms with Gasteiger partial charge in [0, 0.05) is 0 Å². The van der Waals surface area contributed by atoms with Gasteiger partial charge in [-0.25, -0.2) is 9.18 Å². The number of H-pyrrole nitrogens is 1. The molecule has 0 amide bonds. The molecule has 3 aromatic rings. The summed E-state index contributed by atoms with van der Waals surface area (Å²) in [5.74, 6) is -0.463. The summed E-state index contributed by atoms with van der Waals surface area (Å²) in [5, 5.41) is 0.435. The number of fused-ring (bicyclic) bond motifs is 1. The Hall–Kier alpha value is -2.07. The van der Waals surface area contributed by atoms with Crippen LogP contribution in [0.4, 0.5) is 4.39 Å². The summed E-state index contributed by atoms with van der Waals surface area (Å²) >= 11 is 6.06. The number of nitrogens with zero attached hydrogens (tertiary/aromatic N) is 1. The van der Waals surface area contributed by atoms with Gasteiger partial charge in [0.05, 0.1) is 16.2 Å². The van der Waals surface area contributed by atoms with Crippen molar-refractivity contribution in [1.82, 2.24) is 9.55 Å². The maximum absolute atomic E-state index is 13.6. The highest BCUT2D eigenvalue weighted by Crippen LogP contribution is 2.23. The van der Waals surface area contributed by atoms with Crippen molar-refractivity contribution in [1.29, 1.82) is 0 Å². The summed E-state index contributed by atoms with van der Waals surface area (Å²) in [5.41, 5.74) is 0.764. The third kappa shape index (κ3) is 1.54. The number of aromatic nitrogens is 2. The second kappa shape index (κ2) is 3.99. The van der Waals surface area contributed by atoms with Crippen LogP contribution in [-0.2, 0) is 0 Å². The predicted molar refractivity (Wildman–Crippen MR) is 68.9 cm³/mol. The van der Waals surface area contributed by atoms with Crippen LogP contribution in [0.2, 0.25) is 5.02 Å². The summed E-state index contributed by atoms with van der Waals surface area (Å²) < 4.78 is 14.9. The van der Waals surface area contributed by atoms with Crippen LogP contribution in [0, 0.1) is 5.82 Å². The average Bonchev–Trinajstić information content (AvgIpc) is 2.68. The van der Waals surface area contributed by atoms with Crippen LogP contribution in [0.15, 0.2) is 47.3 Å². The zero-order valence-corrected chi connectivity index (χ0v) is 9.91. The van der Waals surface area contributed by atoms with E-state index in [0.29, 0.717) is 16.2 Å². The van der Waals surface area contributed by atoms with Crippen LogP contribution in [0.25, 0.3) is 16.7 Å². The van der Waals surface area contributed by atoms with Crippen molar-refractivity contribution in [2.45, 2.75) is 0 Å². The number of rotatable bonds is 1. The Morgan fingerprint density at radius 3 is 2.67 bits per heavy atom. The Labute approximate surface area is 106 Å². The van der Waals surface area contributed by atoms with Crippen molar-refractivity contribution in [3.8, 4) is 5.69 Å². The van der Waals surface area contributed by atoms with E-state index in [0.717, 1.165) is 0 Å². The molecule has 1 aromatic heterocycles. The van der Waals surface area contributed by atoms with Gasteiger partial charge in [-0.3, -0.25) is 4.57 Å². The second-order valence-electron chi connectivity index (χ2n) is 3.85. The topological polar surface area (TPSA) is 37.8 Å². The number of para-hydroxylation sites is 2. The average molecular weight is 263 g/mol. The molecule has 90 valence electrons. The van der Waals surface area contributed by atoms with Crippen molar-refractivity contribution in [2.75, 3.05) is 0 Å². The summed E-state index contributed by atoms with van der Waals surface area (Å²) in [4.78, 5) is 14.4. The molecule has 3 rings (SSSR count). The Morgan fingerprint density at radius 1 is 1.11 bits per heavy atom. The molecule has 0 bridgehead atoms. The molecular weight excluding hydrogens is 255 g/mol. The molecule has 0 radical (unpaired) electrons. The van der Waals surface area contributed by atoms with Crippen LogP contribution in [0.5, 0.6) is 0 Å². The second-order valence-corrected chi connectivity index (χ2v) is 4.26. The van der Waals surface area contributed by atoms with Crippen LogP contribution in [0.1, 0.15) is 0 Å². The molecule has 1 heterocycles. The minimum Gasteiger partial charge on any atom is -0.303 e. The lowest BCUT2D eigenvalue weighted by molar-refractivity contribution is 0.637. The van der Waals surface area contributed by atoms with E-state index in [2.05, 4.69) is 4.98 Å². The Kier molecular flexibility index (Phi) is 2.45. The van der Waals surface area contributed by atoms with Gasteiger partial charge in [0.25, 0.3) is 0 Å². The van der Waals surface area contributed by atoms with E-state index >= 15 is 0 Å². The summed E-state index contributed by atoms with van der Waals surface area (Å²) in [6.07, 6.45) is 0. The van der Waals surface area contributed by atoms with Crippen molar-refractivity contribution in [3.05, 3.63) is 63.8 Å². The largest absolute Gasteiger partial charge is 0.331 e. The van der Waals surface area contributed by atoms with Crippen molar-refractivity contribution in [3.63, 3.8) is 0 Å². The fourth-order valence-corrected chi connectivity index (χ4v) is 2.19. The summed E-state index contributed by atoms with van der Waals surface area (Å²) in [6.45, 7) is 0. The van der Waals surface area contributed by atoms with Crippen LogP contribution < -0.4 is 5.69 Å². The maximum Gasteiger partial charge on any atom is 0.331 e. The number of hydrogen-bond acceptors (Lipinski definition) is 1. The zero-order valence-electron chi connectivity index (χ0n) is 9.15. The first-order valence-corrected chi connectivity index (χ1v) is 5.70. The fourth-order valence-electron chi connectivity index (χ4n) is 1.97. The number of benzene rings is 2. The third-order valence-electron chi connectivity index (χ3n) is 2.76. The van der Waals surface area contributed by atoms with Gasteiger partial charge in [-0.1, -0.05) is 29.8 Å². The molecule has 18 heavy (non-hydrogen) atoms. The lowest BCUT2D eigenvalue weighted by Crippen LogP contribution is -2.14. The van der Waals surface area contributed by atoms with Crippen molar-refractivity contribution in [2.24, 2.45) is 0 Å². The molecule has 0 aliphatic rings. The van der Waals surface area contributed by atoms with Crippen molar-refractivity contribution < 1.29 is 4.39 Å². The molecule has 5 heteroatoms. The molecule has 0 aliphatic heterocycles. The van der Waals surface area contributed by atoms with E-state index in [9.17, 15) is 9.18 Å². The van der Waals surface area contributed by atoms with Crippen LogP contribution in [-0.4, -0.2) is 9.55 Å². The molecular formula is C13H8ClFN2O. The predicted octanol–water partition coefficient (Wildman–Crippen LogP) is 3.11. The quantitative estimate of drug-likeness (QED) is 0.719. The smallest absolute Gasteiger partial charge is 0.303 e. The van der Waals surface area contributed by atoms with Gasteiger partial charge in [0.2, 0.25) is 0 Å². The highest BCUT2D eigenvalue weighted by Gasteiger charge is 2.13. The number of hydrogen-bond donors (Lipinski definition) is 1. The Balaban J connectivity index is 2.44. The van der Waals surface area contributed by atoms with Gasteiger partial charge in [0.15, 0.2) is 0 Å². The first-order chi connectivity index (χ1) is 8.68.